The Hall–Kier alpha value is -3.63. The number of nitrogens with zero attached hydrogens (tertiary/aromatic N) is 1. The zero-order valence-electron chi connectivity index (χ0n) is 18.7. The Morgan fingerprint density at radius 2 is 1.86 bits per heavy atom. The topological polar surface area (TPSA) is 116 Å². The lowest BCUT2D eigenvalue weighted by molar-refractivity contribution is -0.122. The van der Waals surface area contributed by atoms with E-state index in [9.17, 15) is 27.5 Å². The second-order valence-electron chi connectivity index (χ2n) is 8.10. The van der Waals surface area contributed by atoms with E-state index in [4.69, 9.17) is 11.6 Å². The number of halogens is 2. The zero-order chi connectivity index (χ0) is 25.5. The molecule has 182 valence electrons. The first-order chi connectivity index (χ1) is 16.5. The highest BCUT2D eigenvalue weighted by Gasteiger charge is 2.42. The highest BCUT2D eigenvalue weighted by Crippen LogP contribution is 2.38. The molecule has 2 amide bonds. The van der Waals surface area contributed by atoms with Gasteiger partial charge in [0.25, 0.3) is 10.0 Å². The van der Waals surface area contributed by atoms with Gasteiger partial charge in [-0.05, 0) is 61.4 Å². The molecule has 0 saturated carbocycles. The second-order valence-corrected chi connectivity index (χ2v) is 10.3. The summed E-state index contributed by atoms with van der Waals surface area (Å²) in [5.41, 5.74) is 1.15. The van der Waals surface area contributed by atoms with Gasteiger partial charge >= 0.3 is 0 Å². The number of amides is 2. The normalized spacial score (nSPS) is 15.4. The Labute approximate surface area is 206 Å². The molecule has 35 heavy (non-hydrogen) atoms. The third-order valence-corrected chi connectivity index (χ3v) is 7.96. The van der Waals surface area contributed by atoms with Gasteiger partial charge in [-0.1, -0.05) is 23.7 Å². The van der Waals surface area contributed by atoms with Crippen LogP contribution >= 0.6 is 11.6 Å². The molecule has 0 bridgehead atoms. The maximum absolute atomic E-state index is 13.9. The highest BCUT2D eigenvalue weighted by molar-refractivity contribution is 7.93. The van der Waals surface area contributed by atoms with Gasteiger partial charge in [0.05, 0.1) is 28.4 Å². The van der Waals surface area contributed by atoms with Crippen molar-refractivity contribution in [2.75, 3.05) is 14.9 Å². The highest BCUT2D eigenvalue weighted by atomic mass is 35.5. The second kappa shape index (κ2) is 9.20. The Kier molecular flexibility index (Phi) is 6.44. The molecule has 1 aliphatic rings. The SMILES string of the molecule is Cc1cc(S(=O)(=O)N2c3ccccc3NC(=O)C2CC(=O)Nc2cc(F)ccc2O)c(C)cc1Cl. The van der Waals surface area contributed by atoms with E-state index < -0.39 is 40.1 Å². The van der Waals surface area contributed by atoms with Crippen LogP contribution in [0.15, 0.2) is 59.5 Å². The number of para-hydroxylation sites is 2. The molecule has 3 N–H and O–H groups in total. The van der Waals surface area contributed by atoms with Crippen LogP contribution in [0.2, 0.25) is 5.02 Å². The Morgan fingerprint density at radius 1 is 1.14 bits per heavy atom. The summed E-state index contributed by atoms with van der Waals surface area (Å²) in [6.07, 6.45) is -0.596. The van der Waals surface area contributed by atoms with Crippen molar-refractivity contribution in [1.29, 1.82) is 0 Å². The van der Waals surface area contributed by atoms with Crippen molar-refractivity contribution in [3.63, 3.8) is 0 Å². The lowest BCUT2D eigenvalue weighted by atomic mass is 10.1. The molecule has 1 aliphatic heterocycles. The number of carbonyl (C=O) groups excluding carboxylic acids is 2. The molecule has 0 aliphatic carbocycles. The van der Waals surface area contributed by atoms with E-state index in [-0.39, 0.29) is 27.7 Å². The Morgan fingerprint density at radius 3 is 2.60 bits per heavy atom. The Balaban J connectivity index is 1.77. The van der Waals surface area contributed by atoms with Gasteiger partial charge in [-0.2, -0.15) is 0 Å². The first-order valence-corrected chi connectivity index (χ1v) is 12.3. The van der Waals surface area contributed by atoms with E-state index in [1.807, 2.05) is 0 Å². The first kappa shape index (κ1) is 24.5. The molecular formula is C24H21ClFN3O5S. The lowest BCUT2D eigenvalue weighted by Crippen LogP contribution is -2.52. The largest absolute Gasteiger partial charge is 0.506 e. The van der Waals surface area contributed by atoms with Gasteiger partial charge in [0.1, 0.15) is 17.6 Å². The summed E-state index contributed by atoms with van der Waals surface area (Å²) in [7, 11) is -4.34. The van der Waals surface area contributed by atoms with Gasteiger partial charge in [0, 0.05) is 11.1 Å². The van der Waals surface area contributed by atoms with Crippen molar-refractivity contribution in [2.24, 2.45) is 0 Å². The molecule has 8 nitrogen and oxygen atoms in total. The van der Waals surface area contributed by atoms with Gasteiger partial charge in [-0.15, -0.1) is 0 Å². The van der Waals surface area contributed by atoms with Crippen LogP contribution in [0.25, 0.3) is 0 Å². The predicted molar refractivity (Wildman–Crippen MR) is 131 cm³/mol. The molecule has 0 radical (unpaired) electrons. The van der Waals surface area contributed by atoms with Crippen LogP contribution in [0, 0.1) is 19.7 Å². The molecule has 0 saturated heterocycles. The van der Waals surface area contributed by atoms with Crippen LogP contribution in [0.5, 0.6) is 5.75 Å². The monoisotopic (exact) mass is 517 g/mol. The van der Waals surface area contributed by atoms with Crippen LogP contribution in [0.1, 0.15) is 17.5 Å². The van der Waals surface area contributed by atoms with Crippen LogP contribution in [-0.4, -0.2) is 31.4 Å². The van der Waals surface area contributed by atoms with Gasteiger partial charge in [0.2, 0.25) is 11.8 Å². The summed E-state index contributed by atoms with van der Waals surface area (Å²) in [5.74, 6) is -2.58. The molecule has 0 fully saturated rings. The van der Waals surface area contributed by atoms with Crippen LogP contribution in [0.4, 0.5) is 21.5 Å². The van der Waals surface area contributed by atoms with Crippen LogP contribution < -0.4 is 14.9 Å². The molecule has 3 aromatic carbocycles. The summed E-state index contributed by atoms with van der Waals surface area (Å²) in [4.78, 5) is 25.8. The molecule has 11 heteroatoms. The average Bonchev–Trinajstić information content (AvgIpc) is 2.78. The minimum atomic E-state index is -4.34. The van der Waals surface area contributed by atoms with Crippen molar-refractivity contribution >= 4 is 50.5 Å². The van der Waals surface area contributed by atoms with Crippen molar-refractivity contribution in [1.82, 2.24) is 0 Å². The molecular weight excluding hydrogens is 497 g/mol. The number of sulfonamides is 1. The number of phenols is 1. The van der Waals surface area contributed by atoms with Crippen molar-refractivity contribution in [3.8, 4) is 5.75 Å². The summed E-state index contributed by atoms with van der Waals surface area (Å²) in [6.45, 7) is 3.25. The maximum Gasteiger partial charge on any atom is 0.265 e. The van der Waals surface area contributed by atoms with E-state index in [0.29, 0.717) is 16.1 Å². The van der Waals surface area contributed by atoms with Gasteiger partial charge in [-0.3, -0.25) is 13.9 Å². The first-order valence-electron chi connectivity index (χ1n) is 10.5. The molecule has 1 unspecified atom stereocenters. The van der Waals surface area contributed by atoms with Crippen molar-refractivity contribution in [3.05, 3.63) is 76.6 Å². The number of hydrogen-bond donors (Lipinski definition) is 3. The molecule has 4 rings (SSSR count). The standard InChI is InChI=1S/C24H21ClFN3O5S/c1-13-10-22(14(2)9-16(13)25)35(33,34)29-19-6-4-3-5-17(19)28-24(32)20(29)12-23(31)27-18-11-15(26)7-8-21(18)30/h3-11,20,30H,12H2,1-2H3,(H,27,31)(H,28,32). The molecule has 0 aromatic heterocycles. The smallest absolute Gasteiger partial charge is 0.265 e. The van der Waals surface area contributed by atoms with E-state index >= 15 is 0 Å². The Bertz CT molecular complexity index is 1460. The minimum Gasteiger partial charge on any atom is -0.506 e. The number of phenolic OH excluding ortho intramolecular Hbond substituents is 1. The summed E-state index contributed by atoms with van der Waals surface area (Å²) in [5, 5.41) is 15.3. The van der Waals surface area contributed by atoms with Crippen molar-refractivity contribution in [2.45, 2.75) is 31.2 Å². The fraction of sp³-hybridized carbons (Fsp3) is 0.167. The third kappa shape index (κ3) is 4.67. The fourth-order valence-electron chi connectivity index (χ4n) is 3.86. The summed E-state index contributed by atoms with van der Waals surface area (Å²) >= 11 is 6.15. The maximum atomic E-state index is 13.9. The average molecular weight is 518 g/mol. The lowest BCUT2D eigenvalue weighted by Gasteiger charge is -2.37. The number of aryl methyl sites for hydroxylation is 2. The van der Waals surface area contributed by atoms with Gasteiger partial charge in [0.15, 0.2) is 0 Å². The number of carbonyl (C=O) groups is 2. The van der Waals surface area contributed by atoms with E-state index in [1.165, 1.54) is 18.2 Å². The number of rotatable bonds is 5. The fourth-order valence-corrected chi connectivity index (χ4v) is 6.00. The van der Waals surface area contributed by atoms with Crippen LogP contribution in [-0.2, 0) is 19.6 Å². The minimum absolute atomic E-state index is 0.0583. The van der Waals surface area contributed by atoms with Gasteiger partial charge < -0.3 is 15.7 Å². The van der Waals surface area contributed by atoms with Crippen molar-refractivity contribution < 1.29 is 27.5 Å². The summed E-state index contributed by atoms with van der Waals surface area (Å²) in [6, 6.07) is 10.8. The number of hydrogen-bond acceptors (Lipinski definition) is 5. The molecule has 0 spiro atoms. The van der Waals surface area contributed by atoms with E-state index in [0.717, 1.165) is 22.5 Å². The molecule has 3 aromatic rings. The van der Waals surface area contributed by atoms with Crippen LogP contribution in [0.3, 0.4) is 0 Å². The quantitative estimate of drug-likeness (QED) is 0.435. The zero-order valence-corrected chi connectivity index (χ0v) is 20.2. The number of fused-ring (bicyclic) bond motifs is 1. The number of aromatic hydroxyl groups is 1. The summed E-state index contributed by atoms with van der Waals surface area (Å²) < 4.78 is 42.3. The molecule has 1 heterocycles. The third-order valence-electron chi connectivity index (χ3n) is 5.59. The number of anilines is 3. The molecule has 1 atom stereocenters. The van der Waals surface area contributed by atoms with E-state index in [2.05, 4.69) is 10.6 Å². The van der Waals surface area contributed by atoms with E-state index in [1.54, 1.807) is 32.0 Å². The van der Waals surface area contributed by atoms with Gasteiger partial charge in [-0.25, -0.2) is 12.8 Å². The number of benzene rings is 3. The predicted octanol–water partition coefficient (Wildman–Crippen LogP) is 4.35. The number of nitrogens with one attached hydrogen (secondary N) is 2.